The number of likely N-dealkylation sites (tertiary alicyclic amines) is 1. The van der Waals surface area contributed by atoms with E-state index in [1.807, 2.05) is 0 Å². The van der Waals surface area contributed by atoms with Crippen LogP contribution in [0.25, 0.3) is 0 Å². The summed E-state index contributed by atoms with van der Waals surface area (Å²) in [6, 6.07) is 0.695. The van der Waals surface area contributed by atoms with Crippen LogP contribution in [0.2, 0.25) is 0 Å². The zero-order valence-electron chi connectivity index (χ0n) is 11.3. The first-order chi connectivity index (χ1) is 7.62. The summed E-state index contributed by atoms with van der Waals surface area (Å²) in [5, 5.41) is 0. The molecule has 1 fully saturated rings. The molecule has 0 aromatic carbocycles. The summed E-state index contributed by atoms with van der Waals surface area (Å²) in [5.74, 6) is 0.532. The van der Waals surface area contributed by atoms with Gasteiger partial charge in [0.05, 0.1) is 12.1 Å². The van der Waals surface area contributed by atoms with Crippen LogP contribution in [0.1, 0.15) is 40.0 Å². The predicted octanol–water partition coefficient (Wildman–Crippen LogP) is 1.86. The van der Waals surface area contributed by atoms with Gasteiger partial charge in [-0.05, 0) is 31.7 Å². The quantitative estimate of drug-likeness (QED) is 0.754. The van der Waals surface area contributed by atoms with E-state index in [2.05, 4.69) is 25.7 Å². The number of rotatable bonds is 6. The third-order valence-electron chi connectivity index (χ3n) is 4.24. The SMILES string of the molecule is CCC1CCCN1C(CN)(COC)C(C)C. The maximum absolute atomic E-state index is 6.07. The maximum atomic E-state index is 6.07. The first-order valence-electron chi connectivity index (χ1n) is 6.58. The van der Waals surface area contributed by atoms with Crippen LogP contribution in [0, 0.1) is 5.92 Å². The molecule has 0 radical (unpaired) electrons. The molecule has 0 saturated carbocycles. The van der Waals surface area contributed by atoms with Crippen LogP contribution in [-0.4, -0.2) is 43.3 Å². The Hall–Kier alpha value is -0.120. The number of ether oxygens (including phenoxy) is 1. The average Bonchev–Trinajstić information content (AvgIpc) is 2.73. The average molecular weight is 228 g/mol. The van der Waals surface area contributed by atoms with Crippen LogP contribution in [0.5, 0.6) is 0 Å². The highest BCUT2D eigenvalue weighted by Gasteiger charge is 2.43. The largest absolute Gasteiger partial charge is 0.383 e. The molecule has 0 aromatic rings. The molecular formula is C13H28N2O. The number of methoxy groups -OCH3 is 1. The Kier molecular flexibility index (Phi) is 5.22. The van der Waals surface area contributed by atoms with Crippen molar-refractivity contribution in [3.8, 4) is 0 Å². The number of hydrogen-bond acceptors (Lipinski definition) is 3. The number of nitrogens with zero attached hydrogens (tertiary/aromatic N) is 1. The normalized spacial score (nSPS) is 26.2. The molecule has 1 saturated heterocycles. The van der Waals surface area contributed by atoms with Crippen molar-refractivity contribution < 1.29 is 4.74 Å². The van der Waals surface area contributed by atoms with Crippen LogP contribution >= 0.6 is 0 Å². The van der Waals surface area contributed by atoms with Crippen LogP contribution in [0.3, 0.4) is 0 Å². The molecule has 1 aliphatic heterocycles. The second-order valence-electron chi connectivity index (χ2n) is 5.29. The highest BCUT2D eigenvalue weighted by atomic mass is 16.5. The first kappa shape index (κ1) is 13.9. The zero-order valence-corrected chi connectivity index (χ0v) is 11.3. The molecular weight excluding hydrogens is 200 g/mol. The van der Waals surface area contributed by atoms with Crippen LogP contribution in [0.4, 0.5) is 0 Å². The smallest absolute Gasteiger partial charge is 0.0661 e. The molecule has 2 N–H and O–H groups in total. The second kappa shape index (κ2) is 5.99. The van der Waals surface area contributed by atoms with E-state index in [0.29, 0.717) is 18.5 Å². The fraction of sp³-hybridized carbons (Fsp3) is 1.00. The van der Waals surface area contributed by atoms with Gasteiger partial charge in [-0.2, -0.15) is 0 Å². The zero-order chi connectivity index (χ0) is 12.2. The highest BCUT2D eigenvalue weighted by molar-refractivity contribution is 4.99. The van der Waals surface area contributed by atoms with Gasteiger partial charge in [0.15, 0.2) is 0 Å². The standard InChI is InChI=1S/C13H28N2O/c1-5-12-7-6-8-15(12)13(9-14,10-16-4)11(2)3/h11-12H,5-10,14H2,1-4H3. The molecule has 1 aliphatic rings. The minimum Gasteiger partial charge on any atom is -0.383 e. The van der Waals surface area contributed by atoms with Crippen molar-refractivity contribution in [2.45, 2.75) is 51.6 Å². The molecule has 0 bridgehead atoms. The Labute approximate surface area is 100 Å². The minimum atomic E-state index is 0.0337. The lowest BCUT2D eigenvalue weighted by Gasteiger charge is -2.47. The molecule has 0 aliphatic carbocycles. The van der Waals surface area contributed by atoms with Crippen LogP contribution < -0.4 is 5.73 Å². The lowest BCUT2D eigenvalue weighted by atomic mass is 9.84. The molecule has 16 heavy (non-hydrogen) atoms. The van der Waals surface area contributed by atoms with Gasteiger partial charge in [-0.25, -0.2) is 0 Å². The molecule has 3 nitrogen and oxygen atoms in total. The van der Waals surface area contributed by atoms with Crippen molar-refractivity contribution in [2.75, 3.05) is 26.8 Å². The molecule has 96 valence electrons. The van der Waals surface area contributed by atoms with Crippen molar-refractivity contribution in [3.05, 3.63) is 0 Å². The van der Waals surface area contributed by atoms with E-state index >= 15 is 0 Å². The van der Waals surface area contributed by atoms with Gasteiger partial charge in [0, 0.05) is 19.7 Å². The molecule has 0 spiro atoms. The lowest BCUT2D eigenvalue weighted by molar-refractivity contribution is -0.0244. The van der Waals surface area contributed by atoms with Crippen molar-refractivity contribution >= 4 is 0 Å². The van der Waals surface area contributed by atoms with Gasteiger partial charge >= 0.3 is 0 Å². The van der Waals surface area contributed by atoms with Crippen molar-refractivity contribution in [1.29, 1.82) is 0 Å². The van der Waals surface area contributed by atoms with Crippen LogP contribution in [0.15, 0.2) is 0 Å². The third kappa shape index (κ3) is 2.41. The Morgan fingerprint density at radius 1 is 1.50 bits per heavy atom. The van der Waals surface area contributed by atoms with Crippen molar-refractivity contribution in [1.82, 2.24) is 4.90 Å². The Morgan fingerprint density at radius 2 is 2.19 bits per heavy atom. The summed E-state index contributed by atoms with van der Waals surface area (Å²) in [4.78, 5) is 2.61. The van der Waals surface area contributed by atoms with Crippen LogP contribution in [-0.2, 0) is 4.74 Å². The molecule has 1 rings (SSSR count). The van der Waals surface area contributed by atoms with E-state index in [1.165, 1.54) is 25.8 Å². The molecule has 3 heteroatoms. The summed E-state index contributed by atoms with van der Waals surface area (Å²) in [6.45, 7) is 9.41. The summed E-state index contributed by atoms with van der Waals surface area (Å²) in [7, 11) is 1.78. The number of hydrogen-bond donors (Lipinski definition) is 1. The van der Waals surface area contributed by atoms with E-state index < -0.39 is 0 Å². The van der Waals surface area contributed by atoms with Crippen molar-refractivity contribution in [2.24, 2.45) is 11.7 Å². The Balaban J connectivity index is 2.89. The third-order valence-corrected chi connectivity index (χ3v) is 4.24. The molecule has 1 heterocycles. The van der Waals surface area contributed by atoms with E-state index in [1.54, 1.807) is 7.11 Å². The minimum absolute atomic E-state index is 0.0337. The lowest BCUT2D eigenvalue weighted by Crippen LogP contribution is -2.61. The van der Waals surface area contributed by atoms with E-state index in [-0.39, 0.29) is 5.54 Å². The summed E-state index contributed by atoms with van der Waals surface area (Å²) in [5.41, 5.74) is 6.10. The van der Waals surface area contributed by atoms with Gasteiger partial charge in [0.25, 0.3) is 0 Å². The van der Waals surface area contributed by atoms with Crippen molar-refractivity contribution in [3.63, 3.8) is 0 Å². The monoisotopic (exact) mass is 228 g/mol. The molecule has 0 amide bonds. The number of nitrogens with two attached hydrogens (primary N) is 1. The fourth-order valence-corrected chi connectivity index (χ4v) is 3.09. The summed E-state index contributed by atoms with van der Waals surface area (Å²) >= 11 is 0. The van der Waals surface area contributed by atoms with Gasteiger partial charge in [0.1, 0.15) is 0 Å². The predicted molar refractivity (Wildman–Crippen MR) is 68.5 cm³/mol. The maximum Gasteiger partial charge on any atom is 0.0661 e. The molecule has 2 atom stereocenters. The van der Waals surface area contributed by atoms with Gasteiger partial charge in [0.2, 0.25) is 0 Å². The van der Waals surface area contributed by atoms with Gasteiger partial charge in [-0.3, -0.25) is 4.90 Å². The van der Waals surface area contributed by atoms with E-state index in [4.69, 9.17) is 10.5 Å². The summed E-state index contributed by atoms with van der Waals surface area (Å²) < 4.78 is 5.44. The highest BCUT2D eigenvalue weighted by Crippen LogP contribution is 2.33. The van der Waals surface area contributed by atoms with E-state index in [0.717, 1.165) is 6.61 Å². The summed E-state index contributed by atoms with van der Waals surface area (Å²) in [6.07, 6.45) is 3.84. The van der Waals surface area contributed by atoms with Gasteiger partial charge in [-0.1, -0.05) is 20.8 Å². The van der Waals surface area contributed by atoms with Gasteiger partial charge < -0.3 is 10.5 Å². The fourth-order valence-electron chi connectivity index (χ4n) is 3.09. The Bertz CT molecular complexity index is 208. The van der Waals surface area contributed by atoms with Gasteiger partial charge in [-0.15, -0.1) is 0 Å². The van der Waals surface area contributed by atoms with E-state index in [9.17, 15) is 0 Å². The Morgan fingerprint density at radius 3 is 2.62 bits per heavy atom. The second-order valence-corrected chi connectivity index (χ2v) is 5.29. The first-order valence-corrected chi connectivity index (χ1v) is 6.58. The molecule has 2 unspecified atom stereocenters. The molecule has 0 aromatic heterocycles. The topological polar surface area (TPSA) is 38.5 Å².